The van der Waals surface area contributed by atoms with Crippen molar-refractivity contribution in [2.24, 2.45) is 0 Å². The van der Waals surface area contributed by atoms with E-state index in [4.69, 9.17) is 4.74 Å². The van der Waals surface area contributed by atoms with Gasteiger partial charge in [-0.3, -0.25) is 0 Å². The number of hydrogen-bond donors (Lipinski definition) is 0. The molecule has 0 aliphatic rings. The monoisotopic (exact) mass is 138 g/mol. The molecule has 0 N–H and O–H groups in total. The van der Waals surface area contributed by atoms with E-state index in [0.29, 0.717) is 6.61 Å². The van der Waals surface area contributed by atoms with Crippen molar-refractivity contribution in [3.8, 4) is 0 Å². The van der Waals surface area contributed by atoms with Crippen LogP contribution in [0, 0.1) is 0 Å². The predicted octanol–water partition coefficient (Wildman–Crippen LogP) is 0.916. The summed E-state index contributed by atoms with van der Waals surface area (Å²) < 4.78 is 4.59. The number of esters is 1. The van der Waals surface area contributed by atoms with Crippen molar-refractivity contribution in [2.45, 2.75) is 23.4 Å². The Kier molecular flexibility index (Phi) is 3.78. The van der Waals surface area contributed by atoms with Gasteiger partial charge in [0.2, 0.25) is 0 Å². The van der Waals surface area contributed by atoms with Gasteiger partial charge in [0.25, 0.3) is 0 Å². The van der Waals surface area contributed by atoms with Gasteiger partial charge in [0.05, 0.1) is 0 Å². The van der Waals surface area contributed by atoms with E-state index < -0.39 is 0 Å². The molecule has 0 rings (SSSR count). The van der Waals surface area contributed by atoms with Crippen molar-refractivity contribution in [2.75, 3.05) is 6.61 Å². The van der Waals surface area contributed by atoms with E-state index in [9.17, 15) is 4.79 Å². The fraction of sp³-hybridized carbons (Fsp3) is 0.833. The van der Waals surface area contributed by atoms with Crippen LogP contribution in [0.25, 0.3) is 0 Å². The molecule has 0 saturated heterocycles. The van der Waals surface area contributed by atoms with Gasteiger partial charge >= 0.3 is 73.5 Å². The minimum absolute atomic E-state index is 0.0725. The van der Waals surface area contributed by atoms with Crippen LogP contribution in [0.3, 0.4) is 0 Å². The molecule has 0 radical (unpaired) electrons. The fourth-order valence-electron chi connectivity index (χ4n) is 0.348. The molecular weight excluding hydrogens is 127 g/mol. The molecule has 0 aliphatic heterocycles. The molecule has 9 heavy (non-hydrogen) atoms. The molecule has 2 nitrogen and oxygen atoms in total. The molecule has 0 spiro atoms. The summed E-state index contributed by atoms with van der Waals surface area (Å²) in [6.07, 6.45) is 0. The third-order valence-electron chi connectivity index (χ3n) is 0.888. The topological polar surface area (TPSA) is 26.3 Å². The second kappa shape index (κ2) is 3.59. The quantitative estimate of drug-likeness (QED) is 0.419. The van der Waals surface area contributed by atoms with Crippen LogP contribution in [0.15, 0.2) is 0 Å². The van der Waals surface area contributed by atoms with Crippen LogP contribution >= 0.6 is 0 Å². The summed E-state index contributed by atoms with van der Waals surface area (Å²) in [5.74, 6) is -0.0725. The first-order valence-electron chi connectivity index (χ1n) is 3.15. The van der Waals surface area contributed by atoms with Crippen molar-refractivity contribution in [3.63, 3.8) is 0 Å². The molecule has 48 valence electrons. The maximum atomic E-state index is 10.9. The van der Waals surface area contributed by atoms with Crippen molar-refractivity contribution in [1.29, 1.82) is 0 Å². The summed E-state index contributed by atoms with van der Waals surface area (Å²) in [6.45, 7) is 6.12. The van der Waals surface area contributed by atoms with E-state index in [1.54, 1.807) is 0 Å². The number of carbonyl (C=O) groups is 1. The Hall–Kier alpha value is 0.470. The fourth-order valence-corrected chi connectivity index (χ4v) is 0.492. The molecule has 0 bridgehead atoms. The molecule has 0 aromatic rings. The number of carbonyl (C=O) groups excluding carboxylic acids is 1. The zero-order valence-electron chi connectivity index (χ0n) is 6.52. The average Bonchev–Trinajstić information content (AvgIpc) is 1.64. The number of hydrogen-bond acceptors (Lipinski definition) is 2. The van der Waals surface area contributed by atoms with Crippen molar-refractivity contribution in [3.05, 3.63) is 0 Å². The predicted molar refractivity (Wildman–Crippen MR) is 36.4 cm³/mol. The summed E-state index contributed by atoms with van der Waals surface area (Å²) in [7, 11) is 0. The Morgan fingerprint density at radius 2 is 2.11 bits per heavy atom. The van der Waals surface area contributed by atoms with Gasteiger partial charge in [-0.05, 0) is 0 Å². The molecule has 0 unspecified atom stereocenters. The normalized spacial score (nSPS) is 11.2. The maximum absolute atomic E-state index is 10.9. The Labute approximate surface area is 73.4 Å². The Morgan fingerprint density at radius 3 is 2.22 bits per heavy atom. The summed E-state index contributed by atoms with van der Waals surface area (Å²) >= 11 is 0.852. The Morgan fingerprint density at radius 1 is 1.67 bits per heavy atom. The molecule has 0 atom stereocenters. The van der Waals surface area contributed by atoms with Gasteiger partial charge in [0, 0.05) is 0 Å². The van der Waals surface area contributed by atoms with Gasteiger partial charge in [0.15, 0.2) is 0 Å². The molecule has 0 aromatic heterocycles. The van der Waals surface area contributed by atoms with E-state index >= 15 is 0 Å². The van der Waals surface area contributed by atoms with Crippen LogP contribution in [0.2, 0.25) is 2.66 Å². The number of ether oxygens (including phenoxy) is 1. The van der Waals surface area contributed by atoms with Crippen molar-refractivity contribution < 1.29 is 9.53 Å². The summed E-state index contributed by atoms with van der Waals surface area (Å²) in [5, 5.41) is 0. The number of rotatable bonds is 2. The first-order chi connectivity index (χ1) is 3.98. The van der Waals surface area contributed by atoms with E-state index in [-0.39, 0.29) is 8.63 Å². The summed E-state index contributed by atoms with van der Waals surface area (Å²) in [6, 6.07) is 0. The standard InChI is InChI=1S/C6H11O2.Na/c1-4-8-6(7)5(2)3;/h4H2,1-3H3;. The van der Waals surface area contributed by atoms with Crippen LogP contribution in [-0.2, 0) is 9.53 Å². The van der Waals surface area contributed by atoms with Crippen LogP contribution in [0.1, 0.15) is 20.8 Å². The van der Waals surface area contributed by atoms with E-state index in [1.165, 1.54) is 0 Å². The minimum atomic E-state index is -0.212. The molecular formula is C6H11NaO2. The molecule has 0 aliphatic carbocycles. The van der Waals surface area contributed by atoms with Crippen LogP contribution < -0.4 is 0 Å². The first-order valence-corrected chi connectivity index (χ1v) is 4.15. The van der Waals surface area contributed by atoms with Crippen LogP contribution in [0.5, 0.6) is 0 Å². The van der Waals surface area contributed by atoms with E-state index in [2.05, 4.69) is 0 Å². The van der Waals surface area contributed by atoms with E-state index in [1.807, 2.05) is 20.8 Å². The second-order valence-corrected chi connectivity index (χ2v) is 5.47. The molecule has 0 heterocycles. The zero-order chi connectivity index (χ0) is 7.49. The van der Waals surface area contributed by atoms with E-state index in [0.717, 1.165) is 27.9 Å². The van der Waals surface area contributed by atoms with Gasteiger partial charge in [0.1, 0.15) is 0 Å². The van der Waals surface area contributed by atoms with Crippen molar-refractivity contribution >= 4 is 33.9 Å². The molecule has 0 aromatic carbocycles. The molecule has 0 fully saturated rings. The third kappa shape index (κ3) is 3.95. The molecule has 0 saturated carbocycles. The first kappa shape index (κ1) is 9.47. The summed E-state index contributed by atoms with van der Waals surface area (Å²) in [4.78, 5) is 10.9. The van der Waals surface area contributed by atoms with Gasteiger partial charge in [-0.2, -0.15) is 0 Å². The molecule has 0 amide bonds. The van der Waals surface area contributed by atoms with Crippen LogP contribution in [0.4, 0.5) is 0 Å². The third-order valence-corrected chi connectivity index (χ3v) is 1.30. The molecule has 3 heteroatoms. The van der Waals surface area contributed by atoms with Gasteiger partial charge < -0.3 is 0 Å². The summed E-state index contributed by atoms with van der Waals surface area (Å²) in [5.41, 5.74) is 0. The zero-order valence-corrected chi connectivity index (χ0v) is 8.52. The van der Waals surface area contributed by atoms with Gasteiger partial charge in [-0.1, -0.05) is 0 Å². The van der Waals surface area contributed by atoms with Gasteiger partial charge in [-0.25, -0.2) is 0 Å². The second-order valence-electron chi connectivity index (χ2n) is 2.97. The SMILES string of the molecule is CCOC(=O)[C](C)(C)[Na]. The Balaban J connectivity index is 3.74. The average molecular weight is 138 g/mol. The Bertz CT molecular complexity index is 104. The van der Waals surface area contributed by atoms with Crippen LogP contribution in [-0.4, -0.2) is 40.5 Å². The van der Waals surface area contributed by atoms with Crippen molar-refractivity contribution in [1.82, 2.24) is 0 Å². The van der Waals surface area contributed by atoms with Gasteiger partial charge in [-0.15, -0.1) is 0 Å².